The van der Waals surface area contributed by atoms with Gasteiger partial charge in [0.1, 0.15) is 6.10 Å². The number of ether oxygens (including phenoxy) is 1. The molecule has 2 unspecified atom stereocenters. The van der Waals surface area contributed by atoms with Gasteiger partial charge in [-0.15, -0.1) is 11.6 Å². The van der Waals surface area contributed by atoms with Gasteiger partial charge in [-0.3, -0.25) is 18.9 Å². The van der Waals surface area contributed by atoms with Gasteiger partial charge in [0.25, 0.3) is 5.56 Å². The van der Waals surface area contributed by atoms with Gasteiger partial charge in [0.05, 0.1) is 24.9 Å². The molecule has 2 heterocycles. The second-order valence-corrected chi connectivity index (χ2v) is 10.9. The quantitative estimate of drug-likeness (QED) is 0.128. The lowest BCUT2D eigenvalue weighted by Gasteiger charge is -2.27. The van der Waals surface area contributed by atoms with Crippen molar-refractivity contribution in [1.29, 1.82) is 0 Å². The van der Waals surface area contributed by atoms with Crippen LogP contribution in [0, 0.1) is 0 Å². The van der Waals surface area contributed by atoms with E-state index >= 15 is 0 Å². The monoisotopic (exact) mass is 557 g/mol. The van der Waals surface area contributed by atoms with Gasteiger partial charge >= 0.3 is 23.5 Å². The van der Waals surface area contributed by atoms with Crippen molar-refractivity contribution in [2.75, 3.05) is 18.2 Å². The maximum absolute atomic E-state index is 11.9. The number of nitrogen functional groups attached to an aromatic ring is 1. The van der Waals surface area contributed by atoms with Crippen molar-refractivity contribution in [2.45, 2.75) is 25.4 Å². The minimum atomic E-state index is -5.72. The summed E-state index contributed by atoms with van der Waals surface area (Å²) in [5.74, 6) is -0.541. The molecule has 2 aromatic heterocycles. The second kappa shape index (κ2) is 10.6. The molecule has 0 saturated carbocycles. The Balaban J connectivity index is 2.17. The van der Waals surface area contributed by atoms with Crippen molar-refractivity contribution in [3.05, 3.63) is 16.7 Å². The van der Waals surface area contributed by atoms with Crippen LogP contribution in [-0.4, -0.2) is 68.9 Å². The molecule has 188 valence electrons. The topological polar surface area (TPSA) is 279 Å². The molecule has 22 heteroatoms. The number of aromatic nitrogens is 4. The van der Waals surface area contributed by atoms with Gasteiger partial charge in [-0.2, -0.15) is 13.6 Å². The molecular formula is C11H19ClN5O13P3. The van der Waals surface area contributed by atoms with Crippen molar-refractivity contribution in [3.63, 3.8) is 0 Å². The van der Waals surface area contributed by atoms with Crippen molar-refractivity contribution in [1.82, 2.24) is 19.5 Å². The van der Waals surface area contributed by atoms with Crippen molar-refractivity contribution in [3.8, 4) is 0 Å². The maximum atomic E-state index is 11.9. The number of halogens is 1. The SMILES string of the molecule is C[C@H](O)[C@@H](COP(=O)(O)OP(=O)(O)OP(=O)(O)O)O[C@H](CCl)n1cnc2c(=O)[nH]c(N)nc21. The number of aliphatic hydroxyl groups is 1. The van der Waals surface area contributed by atoms with Gasteiger partial charge in [-0.1, -0.05) is 0 Å². The normalized spacial score (nSPS) is 19.0. The standard InChI is InChI=1S/C11H19ClN5O13P3/c1-5(18)6(3-27-32(23,24)30-33(25,26)29-31(20,21)22)28-7(2-12)17-4-14-8-9(17)15-11(13)16-10(8)19/h4-7,18H,2-3H2,1H3,(H,23,24)(H,25,26)(H2,20,21,22)(H3,13,15,16,19)/t5-,6+,7+/m0/s1. The summed E-state index contributed by atoms with van der Waals surface area (Å²) in [4.78, 5) is 57.7. The van der Waals surface area contributed by atoms with E-state index in [1.54, 1.807) is 0 Å². The fourth-order valence-corrected chi connectivity index (χ4v) is 5.55. The number of H-pyrrole nitrogens is 1. The van der Waals surface area contributed by atoms with Gasteiger partial charge in [-0.25, -0.2) is 18.7 Å². The molecule has 0 spiro atoms. The third kappa shape index (κ3) is 8.19. The highest BCUT2D eigenvalue weighted by Crippen LogP contribution is 2.66. The Morgan fingerprint density at radius 3 is 2.39 bits per heavy atom. The van der Waals surface area contributed by atoms with Crippen LogP contribution < -0.4 is 11.3 Å². The van der Waals surface area contributed by atoms with Crippen LogP contribution in [0.1, 0.15) is 13.2 Å². The van der Waals surface area contributed by atoms with Gasteiger partial charge < -0.3 is 35.2 Å². The number of imidazole rings is 1. The van der Waals surface area contributed by atoms with Crippen molar-refractivity contribution >= 4 is 52.2 Å². The van der Waals surface area contributed by atoms with E-state index in [0.717, 1.165) is 6.33 Å². The summed E-state index contributed by atoms with van der Waals surface area (Å²) in [6.45, 7) is 0.251. The van der Waals surface area contributed by atoms with Crippen LogP contribution in [0.15, 0.2) is 11.1 Å². The molecule has 0 radical (unpaired) electrons. The molecule has 0 saturated heterocycles. The van der Waals surface area contributed by atoms with Gasteiger partial charge in [0.15, 0.2) is 17.4 Å². The zero-order valence-electron chi connectivity index (χ0n) is 16.4. The summed E-state index contributed by atoms with van der Waals surface area (Å²) in [6, 6.07) is 0. The average molecular weight is 558 g/mol. The first-order valence-corrected chi connectivity index (χ1v) is 13.5. The third-order valence-corrected chi connectivity index (χ3v) is 7.65. The molecule has 33 heavy (non-hydrogen) atoms. The number of phosphoric acid groups is 3. The lowest BCUT2D eigenvalue weighted by Crippen LogP contribution is -2.34. The van der Waals surface area contributed by atoms with Crippen molar-refractivity contribution < 1.29 is 56.3 Å². The molecule has 2 rings (SSSR count). The molecule has 0 fully saturated rings. The molecule has 0 aliphatic carbocycles. The number of anilines is 1. The lowest BCUT2D eigenvalue weighted by molar-refractivity contribution is -0.107. The number of nitrogens with two attached hydrogens (primary N) is 1. The predicted octanol–water partition coefficient (Wildman–Crippen LogP) is -0.452. The van der Waals surface area contributed by atoms with E-state index in [1.165, 1.54) is 11.5 Å². The van der Waals surface area contributed by atoms with Gasteiger partial charge in [-0.05, 0) is 6.92 Å². The number of aliphatic hydroxyl groups excluding tert-OH is 1. The van der Waals surface area contributed by atoms with Gasteiger partial charge in [0, 0.05) is 0 Å². The zero-order chi connectivity index (χ0) is 25.2. The van der Waals surface area contributed by atoms with E-state index in [0.29, 0.717) is 0 Å². The van der Waals surface area contributed by atoms with Crippen molar-refractivity contribution in [2.24, 2.45) is 0 Å². The van der Waals surface area contributed by atoms with Crippen LogP contribution >= 0.6 is 35.1 Å². The van der Waals surface area contributed by atoms with Crippen LogP contribution in [0.3, 0.4) is 0 Å². The Labute approximate surface area is 188 Å². The van der Waals surface area contributed by atoms with Crippen LogP contribution in [-0.2, 0) is 31.6 Å². The lowest BCUT2D eigenvalue weighted by atomic mass is 10.2. The summed E-state index contributed by atoms with van der Waals surface area (Å²) >= 11 is 5.90. The first-order valence-electron chi connectivity index (χ1n) is 8.44. The predicted molar refractivity (Wildman–Crippen MR) is 109 cm³/mol. The minimum Gasteiger partial charge on any atom is -0.391 e. The smallest absolute Gasteiger partial charge is 0.391 e. The second-order valence-electron chi connectivity index (χ2n) is 6.19. The molecule has 0 aliphatic rings. The average Bonchev–Trinajstić information content (AvgIpc) is 3.02. The fraction of sp³-hybridized carbons (Fsp3) is 0.545. The van der Waals surface area contributed by atoms with Gasteiger partial charge in [0.2, 0.25) is 5.95 Å². The van der Waals surface area contributed by atoms with E-state index in [4.69, 9.17) is 36.8 Å². The molecule has 0 bridgehead atoms. The molecule has 8 N–H and O–H groups in total. The molecule has 0 amide bonds. The Kier molecular flexibility index (Phi) is 8.98. The van der Waals surface area contributed by atoms with E-state index < -0.39 is 54.1 Å². The highest BCUT2D eigenvalue weighted by molar-refractivity contribution is 7.66. The Bertz CT molecular complexity index is 1180. The summed E-state index contributed by atoms with van der Waals surface area (Å²) in [5, 5.41) is 9.93. The Morgan fingerprint density at radius 1 is 1.21 bits per heavy atom. The number of fused-ring (bicyclic) bond motifs is 1. The number of hydrogen-bond acceptors (Lipinski definition) is 12. The summed E-state index contributed by atoms with van der Waals surface area (Å²) in [7, 11) is -16.7. The van der Waals surface area contributed by atoms with Crippen LogP contribution in [0.4, 0.5) is 5.95 Å². The number of nitrogens with one attached hydrogen (secondary N) is 1. The summed E-state index contributed by atoms with van der Waals surface area (Å²) in [6.07, 6.45) is -2.86. The zero-order valence-corrected chi connectivity index (χ0v) is 19.8. The van der Waals surface area contributed by atoms with E-state index in [-0.39, 0.29) is 23.0 Å². The number of nitrogens with zero attached hydrogens (tertiary/aromatic N) is 3. The maximum Gasteiger partial charge on any atom is 0.490 e. The Morgan fingerprint density at radius 2 is 1.85 bits per heavy atom. The number of rotatable bonds is 12. The van der Waals surface area contributed by atoms with Crippen LogP contribution in [0.2, 0.25) is 0 Å². The van der Waals surface area contributed by atoms with Crippen LogP contribution in [0.5, 0.6) is 0 Å². The fourth-order valence-electron chi connectivity index (χ4n) is 2.30. The van der Waals surface area contributed by atoms with Crippen LogP contribution in [0.25, 0.3) is 11.2 Å². The number of alkyl halides is 1. The molecule has 2 aromatic rings. The summed E-state index contributed by atoms with van der Waals surface area (Å²) < 4.78 is 52.3. The minimum absolute atomic E-state index is 0.0286. The highest BCUT2D eigenvalue weighted by Gasteiger charge is 2.41. The van der Waals surface area contributed by atoms with E-state index in [9.17, 15) is 28.5 Å². The molecule has 5 atom stereocenters. The highest BCUT2D eigenvalue weighted by atomic mass is 35.5. The third-order valence-electron chi connectivity index (χ3n) is 3.58. The molecule has 18 nitrogen and oxygen atoms in total. The summed E-state index contributed by atoms with van der Waals surface area (Å²) in [5.41, 5.74) is 4.73. The first kappa shape index (κ1) is 28.0. The van der Waals surface area contributed by atoms with E-state index in [2.05, 4.69) is 28.1 Å². The molecule has 0 aliphatic heterocycles. The largest absolute Gasteiger partial charge is 0.490 e. The number of hydrogen-bond donors (Lipinski definition) is 7. The van der Waals surface area contributed by atoms with E-state index in [1.807, 2.05) is 0 Å². The first-order chi connectivity index (χ1) is 15.0. The Hall–Kier alpha value is -1.23. The molecular weight excluding hydrogens is 539 g/mol. The number of phosphoric ester groups is 1. The number of aromatic amines is 1. The molecule has 0 aromatic carbocycles.